The summed E-state index contributed by atoms with van der Waals surface area (Å²) in [7, 11) is 0. The average molecular weight is 391 g/mol. The number of carbonyl (C=O) groups is 2. The summed E-state index contributed by atoms with van der Waals surface area (Å²) < 4.78 is 18.6. The Labute approximate surface area is 165 Å². The Balaban J connectivity index is 2.03. The molecule has 1 aromatic carbocycles. The summed E-state index contributed by atoms with van der Waals surface area (Å²) in [6, 6.07) is 4.45. The lowest BCUT2D eigenvalue weighted by Crippen LogP contribution is -2.55. The van der Waals surface area contributed by atoms with Crippen molar-refractivity contribution in [3.8, 4) is 0 Å². The van der Waals surface area contributed by atoms with Gasteiger partial charge >= 0.3 is 6.09 Å². The zero-order chi connectivity index (χ0) is 20.9. The number of amides is 2. The molecule has 1 aromatic heterocycles. The van der Waals surface area contributed by atoms with E-state index in [-0.39, 0.29) is 24.7 Å². The van der Waals surface area contributed by atoms with E-state index < -0.39 is 17.2 Å². The summed E-state index contributed by atoms with van der Waals surface area (Å²) in [6.07, 6.45) is 2.70. The molecule has 1 heterocycles. The Hall–Kier alpha value is -2.57. The van der Waals surface area contributed by atoms with Crippen LogP contribution in [0.5, 0.6) is 0 Å². The second-order valence-corrected chi connectivity index (χ2v) is 8.07. The van der Waals surface area contributed by atoms with Gasteiger partial charge in [0.15, 0.2) is 0 Å². The lowest BCUT2D eigenvalue weighted by molar-refractivity contribution is -0.122. The van der Waals surface area contributed by atoms with E-state index in [0.717, 1.165) is 10.9 Å². The molecule has 0 bridgehead atoms. The third kappa shape index (κ3) is 5.71. The number of H-pyrrole nitrogens is 1. The van der Waals surface area contributed by atoms with E-state index >= 15 is 0 Å². The normalized spacial score (nSPS) is 12.1. The van der Waals surface area contributed by atoms with Crippen LogP contribution in [0.25, 0.3) is 10.9 Å². The molecule has 0 saturated heterocycles. The molecule has 0 unspecified atom stereocenters. The Morgan fingerprint density at radius 2 is 1.86 bits per heavy atom. The van der Waals surface area contributed by atoms with Crippen LogP contribution in [0, 0.1) is 5.82 Å². The van der Waals surface area contributed by atoms with Crippen molar-refractivity contribution in [2.24, 2.45) is 0 Å². The molecule has 6 nitrogen and oxygen atoms in total. The van der Waals surface area contributed by atoms with Crippen molar-refractivity contribution in [1.82, 2.24) is 15.6 Å². The number of halogens is 1. The molecule has 3 N–H and O–H groups in total. The molecule has 2 aromatic rings. The average Bonchev–Trinajstić information content (AvgIpc) is 2.99. The van der Waals surface area contributed by atoms with Gasteiger partial charge in [0.2, 0.25) is 5.91 Å². The Kier molecular flexibility index (Phi) is 6.69. The summed E-state index contributed by atoms with van der Waals surface area (Å²) in [5.74, 6) is -0.477. The SMILES string of the molecule is CCC(CC)(CNC(=O)OC(C)(C)C)NC(=O)Cc1c[nH]c2cc(F)ccc12. The van der Waals surface area contributed by atoms with Gasteiger partial charge in [0.25, 0.3) is 0 Å². The Bertz CT molecular complexity index is 835. The van der Waals surface area contributed by atoms with Gasteiger partial charge in [-0.3, -0.25) is 4.79 Å². The number of hydrogen-bond donors (Lipinski definition) is 3. The molecule has 154 valence electrons. The fourth-order valence-corrected chi connectivity index (χ4v) is 3.09. The van der Waals surface area contributed by atoms with Crippen LogP contribution in [0.4, 0.5) is 9.18 Å². The van der Waals surface area contributed by atoms with Gasteiger partial charge in [0, 0.05) is 23.6 Å². The first-order chi connectivity index (χ1) is 13.1. The van der Waals surface area contributed by atoms with E-state index in [0.29, 0.717) is 18.4 Å². The van der Waals surface area contributed by atoms with Gasteiger partial charge < -0.3 is 20.4 Å². The number of alkyl carbamates (subject to hydrolysis) is 1. The van der Waals surface area contributed by atoms with E-state index in [9.17, 15) is 14.0 Å². The van der Waals surface area contributed by atoms with Crippen LogP contribution in [-0.4, -0.2) is 34.7 Å². The lowest BCUT2D eigenvalue weighted by atomic mass is 9.92. The molecule has 0 aliphatic heterocycles. The fraction of sp³-hybridized carbons (Fsp3) is 0.524. The van der Waals surface area contributed by atoms with Crippen LogP contribution in [0.1, 0.15) is 53.0 Å². The van der Waals surface area contributed by atoms with Crippen LogP contribution in [0.15, 0.2) is 24.4 Å². The molecule has 2 amide bonds. The predicted molar refractivity (Wildman–Crippen MR) is 108 cm³/mol. The van der Waals surface area contributed by atoms with Crippen molar-refractivity contribution in [1.29, 1.82) is 0 Å². The molecule has 0 spiro atoms. The van der Waals surface area contributed by atoms with Crippen molar-refractivity contribution < 1.29 is 18.7 Å². The molecule has 0 radical (unpaired) electrons. The number of hydrogen-bond acceptors (Lipinski definition) is 3. The van der Waals surface area contributed by atoms with E-state index in [1.807, 2.05) is 13.8 Å². The van der Waals surface area contributed by atoms with Gasteiger partial charge in [-0.1, -0.05) is 13.8 Å². The van der Waals surface area contributed by atoms with Crippen molar-refractivity contribution in [3.05, 3.63) is 35.8 Å². The maximum atomic E-state index is 13.3. The number of carbonyl (C=O) groups excluding carboxylic acids is 2. The highest BCUT2D eigenvalue weighted by Gasteiger charge is 2.30. The summed E-state index contributed by atoms with van der Waals surface area (Å²) in [5, 5.41) is 6.64. The molecule has 0 aliphatic rings. The van der Waals surface area contributed by atoms with Crippen molar-refractivity contribution >= 4 is 22.9 Å². The molecular weight excluding hydrogens is 361 g/mol. The maximum absolute atomic E-state index is 13.3. The minimum absolute atomic E-state index is 0.153. The summed E-state index contributed by atoms with van der Waals surface area (Å²) in [6.45, 7) is 9.61. The Morgan fingerprint density at radius 3 is 2.46 bits per heavy atom. The van der Waals surface area contributed by atoms with E-state index in [1.54, 1.807) is 33.0 Å². The minimum Gasteiger partial charge on any atom is -0.444 e. The standard InChI is InChI=1S/C21H30FN3O3/c1-6-21(7-2,13-24-19(27)28-20(3,4)5)25-18(26)10-14-12-23-17-11-15(22)8-9-16(14)17/h8-9,11-12,23H,6-7,10,13H2,1-5H3,(H,24,27)(H,25,26). The molecular formula is C21H30FN3O3. The van der Waals surface area contributed by atoms with Crippen LogP contribution in [-0.2, 0) is 16.0 Å². The van der Waals surface area contributed by atoms with Gasteiger partial charge in [-0.15, -0.1) is 0 Å². The van der Waals surface area contributed by atoms with E-state index in [2.05, 4.69) is 15.6 Å². The molecule has 7 heteroatoms. The topological polar surface area (TPSA) is 83.2 Å². The van der Waals surface area contributed by atoms with Gasteiger partial charge in [-0.25, -0.2) is 9.18 Å². The van der Waals surface area contributed by atoms with Crippen molar-refractivity contribution in [2.45, 2.75) is 65.0 Å². The van der Waals surface area contributed by atoms with E-state index in [4.69, 9.17) is 4.74 Å². The smallest absolute Gasteiger partial charge is 0.407 e. The molecule has 0 aliphatic carbocycles. The molecule has 28 heavy (non-hydrogen) atoms. The fourth-order valence-electron chi connectivity index (χ4n) is 3.09. The minimum atomic E-state index is -0.580. The largest absolute Gasteiger partial charge is 0.444 e. The second-order valence-electron chi connectivity index (χ2n) is 8.07. The number of benzene rings is 1. The number of nitrogens with one attached hydrogen (secondary N) is 3. The molecule has 0 fully saturated rings. The third-order valence-electron chi connectivity index (χ3n) is 4.81. The molecule has 0 atom stereocenters. The predicted octanol–water partition coefficient (Wildman–Crippen LogP) is 4.05. The van der Waals surface area contributed by atoms with Gasteiger partial charge in [-0.05, 0) is 57.4 Å². The number of fused-ring (bicyclic) bond motifs is 1. The molecule has 0 saturated carbocycles. The van der Waals surface area contributed by atoms with Crippen LogP contribution in [0.3, 0.4) is 0 Å². The maximum Gasteiger partial charge on any atom is 0.407 e. The van der Waals surface area contributed by atoms with Crippen LogP contribution < -0.4 is 10.6 Å². The quantitative estimate of drug-likeness (QED) is 0.666. The number of aromatic nitrogens is 1. The van der Waals surface area contributed by atoms with Gasteiger partial charge in [0.1, 0.15) is 11.4 Å². The van der Waals surface area contributed by atoms with Crippen LogP contribution in [0.2, 0.25) is 0 Å². The zero-order valence-electron chi connectivity index (χ0n) is 17.2. The van der Waals surface area contributed by atoms with Crippen LogP contribution >= 0.6 is 0 Å². The van der Waals surface area contributed by atoms with E-state index in [1.165, 1.54) is 12.1 Å². The summed E-state index contributed by atoms with van der Waals surface area (Å²) in [4.78, 5) is 27.7. The highest BCUT2D eigenvalue weighted by atomic mass is 19.1. The lowest BCUT2D eigenvalue weighted by Gasteiger charge is -2.33. The highest BCUT2D eigenvalue weighted by Crippen LogP contribution is 2.21. The summed E-state index contributed by atoms with van der Waals surface area (Å²) in [5.41, 5.74) is 0.315. The number of rotatable bonds is 7. The second kappa shape index (κ2) is 8.63. The zero-order valence-corrected chi connectivity index (χ0v) is 17.2. The highest BCUT2D eigenvalue weighted by molar-refractivity contribution is 5.89. The summed E-state index contributed by atoms with van der Waals surface area (Å²) >= 11 is 0. The molecule has 2 rings (SSSR count). The first-order valence-corrected chi connectivity index (χ1v) is 9.61. The first-order valence-electron chi connectivity index (χ1n) is 9.61. The monoisotopic (exact) mass is 391 g/mol. The number of ether oxygens (including phenoxy) is 1. The Morgan fingerprint density at radius 1 is 1.18 bits per heavy atom. The van der Waals surface area contributed by atoms with Crippen molar-refractivity contribution in [3.63, 3.8) is 0 Å². The van der Waals surface area contributed by atoms with Crippen molar-refractivity contribution in [2.75, 3.05) is 6.54 Å². The first kappa shape index (κ1) is 21.7. The van der Waals surface area contributed by atoms with Gasteiger partial charge in [0.05, 0.1) is 12.0 Å². The third-order valence-corrected chi connectivity index (χ3v) is 4.81. The van der Waals surface area contributed by atoms with Gasteiger partial charge in [-0.2, -0.15) is 0 Å². The number of aromatic amines is 1.